The summed E-state index contributed by atoms with van der Waals surface area (Å²) in [6.07, 6.45) is 0.466. The Morgan fingerprint density at radius 3 is 2.17 bits per heavy atom. The molecule has 1 unspecified atom stereocenters. The summed E-state index contributed by atoms with van der Waals surface area (Å²) < 4.78 is 10.6. The summed E-state index contributed by atoms with van der Waals surface area (Å²) in [5, 5.41) is 0. The standard InChI is InChI=1S/C17H29NO5/c1-16(2,3)22-14(20)8-7-12-11-18(10-9-13(12)19)15(21)23-17(4,5)6/h12H,7-11H2,1-6H3. The van der Waals surface area contributed by atoms with E-state index in [2.05, 4.69) is 0 Å². The van der Waals surface area contributed by atoms with Crippen molar-refractivity contribution in [1.29, 1.82) is 0 Å². The number of ketones is 1. The normalized spacial score (nSPS) is 19.5. The zero-order valence-electron chi connectivity index (χ0n) is 15.1. The second kappa shape index (κ2) is 7.32. The van der Waals surface area contributed by atoms with Crippen molar-refractivity contribution in [1.82, 2.24) is 4.90 Å². The molecule has 0 radical (unpaired) electrons. The largest absolute Gasteiger partial charge is 0.460 e. The highest BCUT2D eigenvalue weighted by atomic mass is 16.6. The SMILES string of the molecule is CC(C)(C)OC(=O)CCC1CN(C(=O)OC(C)(C)C)CCC1=O. The first-order valence-electron chi connectivity index (χ1n) is 8.10. The van der Waals surface area contributed by atoms with Crippen molar-refractivity contribution in [2.45, 2.75) is 72.0 Å². The molecule has 0 aliphatic carbocycles. The fraction of sp³-hybridized carbons (Fsp3) is 0.824. The number of carbonyl (C=O) groups excluding carboxylic acids is 3. The van der Waals surface area contributed by atoms with Crippen molar-refractivity contribution in [2.75, 3.05) is 13.1 Å². The highest BCUT2D eigenvalue weighted by molar-refractivity contribution is 5.84. The van der Waals surface area contributed by atoms with E-state index >= 15 is 0 Å². The van der Waals surface area contributed by atoms with Crippen molar-refractivity contribution in [3.63, 3.8) is 0 Å². The van der Waals surface area contributed by atoms with Crippen LogP contribution in [0.4, 0.5) is 4.79 Å². The quantitative estimate of drug-likeness (QED) is 0.745. The van der Waals surface area contributed by atoms with Crippen LogP contribution in [0.3, 0.4) is 0 Å². The monoisotopic (exact) mass is 327 g/mol. The predicted octanol–water partition coefficient (Wildman–Crippen LogP) is 2.93. The lowest BCUT2D eigenvalue weighted by Gasteiger charge is -2.33. The number of likely N-dealkylation sites (tertiary alicyclic amines) is 1. The van der Waals surface area contributed by atoms with Crippen LogP contribution in [0.1, 0.15) is 60.8 Å². The van der Waals surface area contributed by atoms with E-state index in [0.29, 0.717) is 25.9 Å². The number of carbonyl (C=O) groups is 3. The Morgan fingerprint density at radius 1 is 1.09 bits per heavy atom. The minimum absolute atomic E-state index is 0.0911. The van der Waals surface area contributed by atoms with Crippen LogP contribution >= 0.6 is 0 Å². The van der Waals surface area contributed by atoms with Gasteiger partial charge in [0.2, 0.25) is 0 Å². The fourth-order valence-electron chi connectivity index (χ4n) is 2.34. The van der Waals surface area contributed by atoms with Gasteiger partial charge in [-0.2, -0.15) is 0 Å². The number of Topliss-reactive ketones (excluding diaryl/α,β-unsaturated/α-hetero) is 1. The molecule has 0 aromatic carbocycles. The minimum Gasteiger partial charge on any atom is -0.460 e. The Morgan fingerprint density at radius 2 is 1.65 bits per heavy atom. The molecule has 1 amide bonds. The number of ether oxygens (including phenoxy) is 2. The molecule has 1 fully saturated rings. The zero-order chi connectivity index (χ0) is 17.8. The number of esters is 1. The van der Waals surface area contributed by atoms with E-state index in [4.69, 9.17) is 9.47 Å². The number of nitrogens with zero attached hydrogens (tertiary/aromatic N) is 1. The minimum atomic E-state index is -0.565. The first-order chi connectivity index (χ1) is 10.4. The van der Waals surface area contributed by atoms with E-state index in [0.717, 1.165) is 0 Å². The van der Waals surface area contributed by atoms with Gasteiger partial charge in [-0.15, -0.1) is 0 Å². The second-order valence-electron chi connectivity index (χ2n) is 7.96. The maximum atomic E-state index is 12.1. The summed E-state index contributed by atoms with van der Waals surface area (Å²) in [6, 6.07) is 0. The summed E-state index contributed by atoms with van der Waals surface area (Å²) in [4.78, 5) is 37.4. The van der Waals surface area contributed by atoms with Crippen molar-refractivity contribution in [3.8, 4) is 0 Å². The van der Waals surface area contributed by atoms with Crippen molar-refractivity contribution >= 4 is 17.8 Å². The summed E-state index contributed by atoms with van der Waals surface area (Å²) >= 11 is 0. The number of hydrogen-bond acceptors (Lipinski definition) is 5. The average Bonchev–Trinajstić information content (AvgIpc) is 2.33. The first-order valence-corrected chi connectivity index (χ1v) is 8.10. The molecule has 0 saturated carbocycles. The molecule has 1 aliphatic rings. The topological polar surface area (TPSA) is 72.9 Å². The van der Waals surface area contributed by atoms with Crippen molar-refractivity contribution in [2.24, 2.45) is 5.92 Å². The van der Waals surface area contributed by atoms with Crippen LogP contribution in [-0.2, 0) is 19.1 Å². The number of rotatable bonds is 3. The van der Waals surface area contributed by atoms with E-state index in [9.17, 15) is 14.4 Å². The molecular weight excluding hydrogens is 298 g/mol. The lowest BCUT2D eigenvalue weighted by molar-refractivity contribution is -0.155. The maximum absolute atomic E-state index is 12.1. The van der Waals surface area contributed by atoms with Crippen LogP contribution in [0, 0.1) is 5.92 Å². The molecule has 1 atom stereocenters. The molecule has 23 heavy (non-hydrogen) atoms. The summed E-state index contributed by atoms with van der Waals surface area (Å²) in [5.41, 5.74) is -1.10. The number of amides is 1. The average molecular weight is 327 g/mol. The van der Waals surface area contributed by atoms with Crippen LogP contribution in [0.2, 0.25) is 0 Å². The van der Waals surface area contributed by atoms with Gasteiger partial charge in [-0.3, -0.25) is 9.59 Å². The summed E-state index contributed by atoms with van der Waals surface area (Å²) in [6.45, 7) is 11.5. The Bertz CT molecular complexity index is 459. The van der Waals surface area contributed by atoms with E-state index in [1.165, 1.54) is 0 Å². The highest BCUT2D eigenvalue weighted by Crippen LogP contribution is 2.21. The third-order valence-electron chi connectivity index (χ3n) is 3.29. The van der Waals surface area contributed by atoms with Gasteiger partial charge in [0.05, 0.1) is 0 Å². The molecule has 0 aromatic rings. The molecule has 0 bridgehead atoms. The number of hydrogen-bond donors (Lipinski definition) is 0. The van der Waals surface area contributed by atoms with Gasteiger partial charge in [0.1, 0.15) is 17.0 Å². The highest BCUT2D eigenvalue weighted by Gasteiger charge is 2.32. The number of piperidine rings is 1. The summed E-state index contributed by atoms with van der Waals surface area (Å²) in [7, 11) is 0. The van der Waals surface area contributed by atoms with Crippen LogP contribution in [-0.4, -0.2) is 47.0 Å². The molecule has 0 spiro atoms. The van der Waals surface area contributed by atoms with E-state index in [1.54, 1.807) is 46.4 Å². The van der Waals surface area contributed by atoms with Gasteiger partial charge in [0.15, 0.2) is 0 Å². The van der Waals surface area contributed by atoms with Gasteiger partial charge in [0, 0.05) is 31.8 Å². The lowest BCUT2D eigenvalue weighted by atomic mass is 9.92. The fourth-order valence-corrected chi connectivity index (χ4v) is 2.34. The second-order valence-corrected chi connectivity index (χ2v) is 7.96. The van der Waals surface area contributed by atoms with Gasteiger partial charge in [0.25, 0.3) is 0 Å². The van der Waals surface area contributed by atoms with Gasteiger partial charge in [-0.05, 0) is 48.0 Å². The predicted molar refractivity (Wildman–Crippen MR) is 86.0 cm³/mol. The van der Waals surface area contributed by atoms with Gasteiger partial charge in [-0.25, -0.2) is 4.79 Å². The van der Waals surface area contributed by atoms with Gasteiger partial charge < -0.3 is 14.4 Å². The third-order valence-corrected chi connectivity index (χ3v) is 3.29. The van der Waals surface area contributed by atoms with Crippen LogP contribution in [0.15, 0.2) is 0 Å². The van der Waals surface area contributed by atoms with Gasteiger partial charge in [-0.1, -0.05) is 0 Å². The summed E-state index contributed by atoms with van der Waals surface area (Å²) in [5.74, 6) is -0.558. The molecule has 1 rings (SSSR count). The molecule has 1 saturated heterocycles. The Balaban J connectivity index is 2.53. The third kappa shape index (κ3) is 7.48. The molecule has 1 heterocycles. The van der Waals surface area contributed by atoms with E-state index in [1.807, 2.05) is 0 Å². The Hall–Kier alpha value is -1.59. The van der Waals surface area contributed by atoms with E-state index in [-0.39, 0.29) is 24.1 Å². The van der Waals surface area contributed by atoms with E-state index < -0.39 is 17.3 Å². The smallest absolute Gasteiger partial charge is 0.410 e. The molecular formula is C17H29NO5. The Labute approximate surface area is 138 Å². The van der Waals surface area contributed by atoms with Crippen LogP contribution in [0.25, 0.3) is 0 Å². The van der Waals surface area contributed by atoms with Crippen LogP contribution in [0.5, 0.6) is 0 Å². The Kier molecular flexibility index (Phi) is 6.19. The molecule has 0 N–H and O–H groups in total. The molecule has 0 aromatic heterocycles. The molecule has 6 heteroatoms. The zero-order valence-corrected chi connectivity index (χ0v) is 15.1. The van der Waals surface area contributed by atoms with Crippen molar-refractivity contribution in [3.05, 3.63) is 0 Å². The molecule has 1 aliphatic heterocycles. The van der Waals surface area contributed by atoms with Gasteiger partial charge >= 0.3 is 12.1 Å². The molecule has 6 nitrogen and oxygen atoms in total. The van der Waals surface area contributed by atoms with Crippen LogP contribution < -0.4 is 0 Å². The lowest BCUT2D eigenvalue weighted by Crippen LogP contribution is -2.46. The molecule has 132 valence electrons. The first kappa shape index (κ1) is 19.5. The maximum Gasteiger partial charge on any atom is 0.410 e. The van der Waals surface area contributed by atoms with Crippen molar-refractivity contribution < 1.29 is 23.9 Å².